The molecule has 190 valence electrons. The van der Waals surface area contributed by atoms with Crippen molar-refractivity contribution < 1.29 is 23.9 Å². The van der Waals surface area contributed by atoms with E-state index in [0.717, 1.165) is 0 Å². The van der Waals surface area contributed by atoms with Crippen molar-refractivity contribution in [2.75, 3.05) is 33.9 Å². The van der Waals surface area contributed by atoms with Gasteiger partial charge in [0, 0.05) is 19.2 Å². The van der Waals surface area contributed by atoms with Gasteiger partial charge in [-0.1, -0.05) is 40.7 Å². The summed E-state index contributed by atoms with van der Waals surface area (Å²) < 4.78 is 10.9. The molecular formula is C25H45N3O5. The maximum Gasteiger partial charge on any atom is 0.333 e. The molecule has 0 aromatic rings. The van der Waals surface area contributed by atoms with Gasteiger partial charge in [-0.2, -0.15) is 0 Å². The number of hydrogen-bond donors (Lipinski definition) is 1. The van der Waals surface area contributed by atoms with Gasteiger partial charge in [0.25, 0.3) is 0 Å². The molecule has 1 unspecified atom stereocenters. The second-order valence-corrected chi connectivity index (χ2v) is 10.9. The first-order valence-electron chi connectivity index (χ1n) is 11.8. The number of rotatable bonds is 8. The van der Waals surface area contributed by atoms with E-state index in [1.165, 1.54) is 0 Å². The smallest absolute Gasteiger partial charge is 0.333 e. The molecule has 0 radical (unpaired) electrons. The van der Waals surface area contributed by atoms with Crippen molar-refractivity contribution in [1.29, 1.82) is 0 Å². The molecule has 1 saturated heterocycles. The van der Waals surface area contributed by atoms with Crippen LogP contribution in [0.5, 0.6) is 0 Å². The molecule has 33 heavy (non-hydrogen) atoms. The van der Waals surface area contributed by atoms with Crippen LogP contribution in [0.25, 0.3) is 0 Å². The Morgan fingerprint density at radius 3 is 2.30 bits per heavy atom. The van der Waals surface area contributed by atoms with Crippen molar-refractivity contribution in [1.82, 2.24) is 15.1 Å². The standard InChI is InChI=1S/C25H45N3O5/c1-12-32-23(31)17(4)15-18(16(2)3)28(11)22(30)19(24(5,6)7)26-21(29)20-25(8,9)33-14-13-27(20)10/h15-16,18-20H,12-14H2,1-11H3,(H,26,29)/b17-15+/t18-,19-,20?/m1/s1. The van der Waals surface area contributed by atoms with E-state index in [4.69, 9.17) is 9.47 Å². The summed E-state index contributed by atoms with van der Waals surface area (Å²) in [5, 5.41) is 3.02. The van der Waals surface area contributed by atoms with Crippen LogP contribution >= 0.6 is 0 Å². The third kappa shape index (κ3) is 7.54. The van der Waals surface area contributed by atoms with Gasteiger partial charge in [-0.25, -0.2) is 4.79 Å². The summed E-state index contributed by atoms with van der Waals surface area (Å²) in [6, 6.07) is -1.60. The molecule has 1 heterocycles. The van der Waals surface area contributed by atoms with E-state index in [0.29, 0.717) is 25.3 Å². The highest BCUT2D eigenvalue weighted by atomic mass is 16.5. The number of carbonyl (C=O) groups is 3. The third-order valence-corrected chi connectivity index (χ3v) is 6.16. The van der Waals surface area contributed by atoms with Gasteiger partial charge in [0.1, 0.15) is 12.1 Å². The van der Waals surface area contributed by atoms with Crippen LogP contribution in [0.4, 0.5) is 0 Å². The molecule has 1 aliphatic rings. The minimum atomic E-state index is -0.751. The van der Waals surface area contributed by atoms with Crippen LogP contribution in [0.2, 0.25) is 0 Å². The third-order valence-electron chi connectivity index (χ3n) is 6.16. The number of hydrogen-bond acceptors (Lipinski definition) is 6. The number of morpholine rings is 1. The predicted molar refractivity (Wildman–Crippen MR) is 130 cm³/mol. The largest absolute Gasteiger partial charge is 0.463 e. The molecule has 2 amide bonds. The molecular weight excluding hydrogens is 422 g/mol. The summed E-state index contributed by atoms with van der Waals surface area (Å²) >= 11 is 0. The fourth-order valence-corrected chi connectivity index (χ4v) is 4.25. The maximum atomic E-state index is 13.7. The lowest BCUT2D eigenvalue weighted by atomic mass is 9.84. The first-order valence-corrected chi connectivity index (χ1v) is 11.8. The SMILES string of the molecule is CCOC(=O)/C(C)=C/[C@H](C(C)C)N(C)C(=O)[C@@H](NC(=O)C1N(C)CCOC1(C)C)C(C)(C)C. The second kappa shape index (κ2) is 11.5. The molecule has 0 spiro atoms. The van der Waals surface area contributed by atoms with E-state index >= 15 is 0 Å². The molecule has 0 bridgehead atoms. The zero-order valence-electron chi connectivity index (χ0n) is 22.4. The summed E-state index contributed by atoms with van der Waals surface area (Å²) in [7, 11) is 3.61. The Morgan fingerprint density at radius 2 is 1.85 bits per heavy atom. The Hall–Kier alpha value is -1.93. The first kappa shape index (κ1) is 29.1. The zero-order chi connectivity index (χ0) is 25.7. The maximum absolute atomic E-state index is 13.7. The average Bonchev–Trinajstić information content (AvgIpc) is 2.67. The van der Waals surface area contributed by atoms with E-state index in [1.807, 2.05) is 60.4 Å². The van der Waals surface area contributed by atoms with E-state index in [9.17, 15) is 14.4 Å². The summed E-state index contributed by atoms with van der Waals surface area (Å²) in [6.07, 6.45) is 1.77. The van der Waals surface area contributed by atoms with Gasteiger partial charge in [0.05, 0.1) is 24.9 Å². The number of likely N-dealkylation sites (N-methyl/N-ethyl adjacent to an activating group) is 2. The highest BCUT2D eigenvalue weighted by molar-refractivity contribution is 5.91. The lowest BCUT2D eigenvalue weighted by Crippen LogP contribution is -2.65. The Bertz CT molecular complexity index is 739. The van der Waals surface area contributed by atoms with Crippen molar-refractivity contribution in [2.24, 2.45) is 11.3 Å². The highest BCUT2D eigenvalue weighted by Gasteiger charge is 2.45. The zero-order valence-corrected chi connectivity index (χ0v) is 22.4. The molecule has 1 aliphatic heterocycles. The topological polar surface area (TPSA) is 88.2 Å². The van der Waals surface area contributed by atoms with E-state index in [-0.39, 0.29) is 23.8 Å². The minimum absolute atomic E-state index is 0.0523. The minimum Gasteiger partial charge on any atom is -0.463 e. The number of nitrogens with one attached hydrogen (secondary N) is 1. The molecule has 0 saturated carbocycles. The van der Waals surface area contributed by atoms with Crippen LogP contribution in [0.1, 0.15) is 62.3 Å². The second-order valence-electron chi connectivity index (χ2n) is 10.9. The normalized spacial score (nSPS) is 21.3. The van der Waals surface area contributed by atoms with Crippen molar-refractivity contribution in [2.45, 2.75) is 86.0 Å². The molecule has 1 N–H and O–H groups in total. The molecule has 8 heteroatoms. The molecule has 3 atom stereocenters. The molecule has 1 fully saturated rings. The van der Waals surface area contributed by atoms with Crippen LogP contribution < -0.4 is 5.32 Å². The Morgan fingerprint density at radius 1 is 1.27 bits per heavy atom. The van der Waals surface area contributed by atoms with Crippen LogP contribution in [-0.2, 0) is 23.9 Å². The van der Waals surface area contributed by atoms with Crippen LogP contribution in [-0.4, -0.2) is 85.2 Å². The van der Waals surface area contributed by atoms with Crippen molar-refractivity contribution in [3.8, 4) is 0 Å². The van der Waals surface area contributed by atoms with Gasteiger partial charge in [-0.05, 0) is 46.1 Å². The van der Waals surface area contributed by atoms with Gasteiger partial charge < -0.3 is 19.7 Å². The van der Waals surface area contributed by atoms with Gasteiger partial charge in [-0.15, -0.1) is 0 Å². The number of carbonyl (C=O) groups excluding carboxylic acids is 3. The Balaban J connectivity index is 3.21. The molecule has 0 aliphatic carbocycles. The highest BCUT2D eigenvalue weighted by Crippen LogP contribution is 2.27. The quantitative estimate of drug-likeness (QED) is 0.436. The molecule has 1 rings (SSSR count). The summed E-state index contributed by atoms with van der Waals surface area (Å²) in [6.45, 7) is 18.5. The predicted octanol–water partition coefficient (Wildman–Crippen LogP) is 2.62. The summed E-state index contributed by atoms with van der Waals surface area (Å²) in [5.41, 5.74) is -0.746. The Kier molecular flexibility index (Phi) is 10.1. The molecule has 8 nitrogen and oxygen atoms in total. The lowest BCUT2D eigenvalue weighted by molar-refractivity contribution is -0.157. The monoisotopic (exact) mass is 467 g/mol. The van der Waals surface area contributed by atoms with Crippen molar-refractivity contribution >= 4 is 17.8 Å². The van der Waals surface area contributed by atoms with Crippen molar-refractivity contribution in [3.05, 3.63) is 11.6 Å². The summed E-state index contributed by atoms with van der Waals surface area (Å²) in [5.74, 6) is -0.786. The molecule has 0 aromatic carbocycles. The van der Waals surface area contributed by atoms with Crippen molar-refractivity contribution in [3.63, 3.8) is 0 Å². The van der Waals surface area contributed by atoms with E-state index in [2.05, 4.69) is 5.32 Å². The fraction of sp³-hybridized carbons (Fsp3) is 0.800. The van der Waals surface area contributed by atoms with Crippen LogP contribution in [0.3, 0.4) is 0 Å². The Labute approximate surface area is 200 Å². The van der Waals surface area contributed by atoms with Crippen LogP contribution in [0, 0.1) is 11.3 Å². The number of esters is 1. The van der Waals surface area contributed by atoms with Gasteiger partial charge in [0.15, 0.2) is 0 Å². The van der Waals surface area contributed by atoms with Gasteiger partial charge in [0.2, 0.25) is 11.8 Å². The number of amides is 2. The number of ether oxygens (including phenoxy) is 2. The fourth-order valence-electron chi connectivity index (χ4n) is 4.25. The van der Waals surface area contributed by atoms with Crippen LogP contribution in [0.15, 0.2) is 11.6 Å². The van der Waals surface area contributed by atoms with Gasteiger partial charge >= 0.3 is 5.97 Å². The summed E-state index contributed by atoms with van der Waals surface area (Å²) in [4.78, 5) is 42.8. The lowest BCUT2D eigenvalue weighted by Gasteiger charge is -2.45. The number of nitrogens with zero attached hydrogens (tertiary/aromatic N) is 2. The van der Waals surface area contributed by atoms with E-state index in [1.54, 1.807) is 31.9 Å². The molecule has 0 aromatic heterocycles. The first-order chi connectivity index (χ1) is 15.0. The average molecular weight is 468 g/mol. The van der Waals surface area contributed by atoms with E-state index < -0.39 is 29.1 Å². The van der Waals surface area contributed by atoms with Gasteiger partial charge in [-0.3, -0.25) is 14.5 Å².